The Hall–Kier alpha value is -4.78. The molecule has 268 valence electrons. The highest BCUT2D eigenvalue weighted by molar-refractivity contribution is 5.95. The lowest BCUT2D eigenvalue weighted by Gasteiger charge is -2.28. The van der Waals surface area contributed by atoms with Crippen LogP contribution in [0.1, 0.15) is 77.3 Å². The number of hydrogen-bond donors (Lipinski definition) is 5. The Kier molecular flexibility index (Phi) is 17.5. The summed E-state index contributed by atoms with van der Waals surface area (Å²) >= 11 is 0. The van der Waals surface area contributed by atoms with E-state index in [0.717, 1.165) is 11.1 Å². The zero-order chi connectivity index (χ0) is 36.3. The molecular formula is C36H51N5O8. The molecule has 4 amide bonds. The molecule has 0 bridgehead atoms. The highest BCUT2D eigenvalue weighted by Gasteiger charge is 2.33. The van der Waals surface area contributed by atoms with Crippen LogP contribution < -0.4 is 27.4 Å². The van der Waals surface area contributed by atoms with Crippen LogP contribution in [0, 0.1) is 11.8 Å². The van der Waals surface area contributed by atoms with Gasteiger partial charge in [-0.15, -0.1) is 0 Å². The van der Waals surface area contributed by atoms with Crippen LogP contribution >= 0.6 is 0 Å². The normalized spacial score (nSPS) is 14.0. The molecule has 5 atom stereocenters. The third-order valence-corrected chi connectivity index (χ3v) is 7.91. The fourth-order valence-corrected chi connectivity index (χ4v) is 4.81. The lowest BCUT2D eigenvalue weighted by Crippen LogP contribution is -2.59. The number of rotatable bonds is 21. The van der Waals surface area contributed by atoms with Crippen molar-refractivity contribution in [3.05, 3.63) is 71.8 Å². The Morgan fingerprint density at radius 2 is 1.14 bits per heavy atom. The number of ether oxygens (including phenoxy) is 2. The number of esters is 2. The van der Waals surface area contributed by atoms with Crippen molar-refractivity contribution in [1.82, 2.24) is 16.0 Å². The van der Waals surface area contributed by atoms with Gasteiger partial charge < -0.3 is 36.9 Å². The van der Waals surface area contributed by atoms with E-state index >= 15 is 0 Å². The van der Waals surface area contributed by atoms with Crippen molar-refractivity contribution < 1.29 is 38.2 Å². The van der Waals surface area contributed by atoms with Crippen molar-refractivity contribution in [3.8, 4) is 0 Å². The number of carbonyl (C=O) groups excluding carboxylic acids is 6. The van der Waals surface area contributed by atoms with Gasteiger partial charge in [-0.25, -0.2) is 0 Å². The van der Waals surface area contributed by atoms with Crippen LogP contribution in [0.25, 0.3) is 0 Å². The Bertz CT molecular complexity index is 1370. The first-order chi connectivity index (χ1) is 23.3. The second kappa shape index (κ2) is 21.2. The van der Waals surface area contributed by atoms with Crippen LogP contribution in [0.4, 0.5) is 0 Å². The topological polar surface area (TPSA) is 209 Å². The van der Waals surface area contributed by atoms with Gasteiger partial charge in [-0.3, -0.25) is 28.8 Å². The largest absolute Gasteiger partial charge is 0.461 e. The Morgan fingerprint density at radius 1 is 0.673 bits per heavy atom. The van der Waals surface area contributed by atoms with Crippen LogP contribution in [-0.2, 0) is 51.5 Å². The predicted molar refractivity (Wildman–Crippen MR) is 183 cm³/mol. The number of hydrogen-bond acceptors (Lipinski definition) is 9. The summed E-state index contributed by atoms with van der Waals surface area (Å²) in [4.78, 5) is 77.3. The molecule has 0 aromatic heterocycles. The van der Waals surface area contributed by atoms with E-state index in [1.54, 1.807) is 55.5 Å². The van der Waals surface area contributed by atoms with Crippen LogP contribution in [0.15, 0.2) is 60.7 Å². The number of carbonyl (C=O) groups is 6. The monoisotopic (exact) mass is 681 g/mol. The molecule has 7 N–H and O–H groups in total. The summed E-state index contributed by atoms with van der Waals surface area (Å²) in [6.07, 6.45) is 0.105. The summed E-state index contributed by atoms with van der Waals surface area (Å²) in [6, 6.07) is 13.6. The maximum absolute atomic E-state index is 13.6. The molecule has 13 nitrogen and oxygen atoms in total. The molecule has 0 aliphatic carbocycles. The van der Waals surface area contributed by atoms with Gasteiger partial charge in [0.2, 0.25) is 23.6 Å². The molecule has 2 rings (SSSR count). The highest BCUT2D eigenvalue weighted by atomic mass is 16.5. The number of nitrogens with two attached hydrogens (primary N) is 2. The minimum absolute atomic E-state index is 0.0196. The van der Waals surface area contributed by atoms with E-state index in [2.05, 4.69) is 16.0 Å². The molecule has 0 heterocycles. The van der Waals surface area contributed by atoms with Gasteiger partial charge in [-0.1, -0.05) is 94.8 Å². The molecule has 0 aliphatic rings. The van der Waals surface area contributed by atoms with E-state index in [4.69, 9.17) is 20.9 Å². The zero-order valence-electron chi connectivity index (χ0n) is 28.8. The lowest BCUT2D eigenvalue weighted by molar-refractivity contribution is -0.146. The predicted octanol–water partition coefficient (Wildman–Crippen LogP) is 2.39. The van der Waals surface area contributed by atoms with Crippen molar-refractivity contribution in [2.75, 3.05) is 0 Å². The first kappa shape index (κ1) is 40.4. The smallest absolute Gasteiger partial charge is 0.306 e. The zero-order valence-corrected chi connectivity index (χ0v) is 28.8. The summed E-state index contributed by atoms with van der Waals surface area (Å²) in [7, 11) is 0. The summed E-state index contributed by atoms with van der Waals surface area (Å²) < 4.78 is 10.6. The number of benzene rings is 2. The summed E-state index contributed by atoms with van der Waals surface area (Å²) in [5.41, 5.74) is 13.2. The van der Waals surface area contributed by atoms with Gasteiger partial charge in [0, 0.05) is 12.8 Å². The molecule has 13 heteroatoms. The second-order valence-corrected chi connectivity index (χ2v) is 12.5. The maximum Gasteiger partial charge on any atom is 0.306 e. The van der Waals surface area contributed by atoms with Crippen molar-refractivity contribution >= 4 is 35.6 Å². The number of amides is 4. The fourth-order valence-electron chi connectivity index (χ4n) is 4.81. The SMILES string of the molecule is CCC(C)C(NC(=O)C(N)CC(C)C)C(=O)NC(CCC(=O)OCc1ccccc1)C(=O)NC(CCC(=O)OCc1ccccc1)C(N)=O. The van der Waals surface area contributed by atoms with E-state index < -0.39 is 59.7 Å². The average molecular weight is 682 g/mol. The molecule has 5 unspecified atom stereocenters. The van der Waals surface area contributed by atoms with Crippen molar-refractivity contribution in [2.24, 2.45) is 23.3 Å². The van der Waals surface area contributed by atoms with Crippen molar-refractivity contribution in [3.63, 3.8) is 0 Å². The van der Waals surface area contributed by atoms with Crippen LogP contribution in [0.3, 0.4) is 0 Å². The first-order valence-electron chi connectivity index (χ1n) is 16.7. The van der Waals surface area contributed by atoms with Crippen LogP contribution in [-0.4, -0.2) is 59.7 Å². The molecule has 0 spiro atoms. The fraction of sp³-hybridized carbons (Fsp3) is 0.500. The summed E-state index contributed by atoms with van der Waals surface area (Å²) in [6.45, 7) is 7.53. The lowest BCUT2D eigenvalue weighted by atomic mass is 9.96. The average Bonchev–Trinajstić information content (AvgIpc) is 3.08. The van der Waals surface area contributed by atoms with Gasteiger partial charge in [0.15, 0.2) is 0 Å². The van der Waals surface area contributed by atoms with Gasteiger partial charge in [-0.2, -0.15) is 0 Å². The first-order valence-corrected chi connectivity index (χ1v) is 16.7. The van der Waals surface area contributed by atoms with Crippen LogP contribution in [0.5, 0.6) is 0 Å². The van der Waals surface area contributed by atoms with Crippen LogP contribution in [0.2, 0.25) is 0 Å². The van der Waals surface area contributed by atoms with Gasteiger partial charge in [0.25, 0.3) is 0 Å². The molecule has 0 saturated carbocycles. The van der Waals surface area contributed by atoms with E-state index in [1.165, 1.54) is 0 Å². The Morgan fingerprint density at radius 3 is 1.59 bits per heavy atom. The van der Waals surface area contributed by atoms with Gasteiger partial charge in [0.05, 0.1) is 6.04 Å². The van der Waals surface area contributed by atoms with E-state index in [9.17, 15) is 28.8 Å². The van der Waals surface area contributed by atoms with E-state index in [1.807, 2.05) is 32.9 Å². The molecule has 2 aromatic carbocycles. The summed E-state index contributed by atoms with van der Waals surface area (Å²) in [5, 5.41) is 7.85. The van der Waals surface area contributed by atoms with Gasteiger partial charge >= 0.3 is 11.9 Å². The minimum atomic E-state index is -1.32. The van der Waals surface area contributed by atoms with Crippen molar-refractivity contribution in [1.29, 1.82) is 0 Å². The second-order valence-electron chi connectivity index (χ2n) is 12.5. The van der Waals surface area contributed by atoms with Crippen molar-refractivity contribution in [2.45, 2.75) is 104 Å². The maximum atomic E-state index is 13.6. The molecule has 0 saturated heterocycles. The number of nitrogens with one attached hydrogen (secondary N) is 3. The molecular weight excluding hydrogens is 630 g/mol. The molecule has 0 radical (unpaired) electrons. The summed E-state index contributed by atoms with van der Waals surface area (Å²) in [5.74, 6) is -4.29. The molecule has 0 aliphatic heterocycles. The molecule has 2 aromatic rings. The minimum Gasteiger partial charge on any atom is -0.461 e. The molecule has 49 heavy (non-hydrogen) atoms. The molecule has 0 fully saturated rings. The van der Waals surface area contributed by atoms with Gasteiger partial charge in [-0.05, 0) is 42.2 Å². The third-order valence-electron chi connectivity index (χ3n) is 7.91. The quantitative estimate of drug-likeness (QED) is 0.122. The van der Waals surface area contributed by atoms with E-state index in [0.29, 0.717) is 12.8 Å². The van der Waals surface area contributed by atoms with E-state index in [-0.39, 0.29) is 50.7 Å². The number of primary amides is 1. The highest BCUT2D eigenvalue weighted by Crippen LogP contribution is 2.13. The third kappa shape index (κ3) is 15.3. The Balaban J connectivity index is 2.15. The van der Waals surface area contributed by atoms with Gasteiger partial charge in [0.1, 0.15) is 31.3 Å². The Labute approximate surface area is 288 Å². The standard InChI is InChI=1S/C36H51N5O8/c1-5-24(4)32(41-34(45)27(37)20-23(2)3)36(47)40-29(17-19-31(43)49-22-26-14-10-7-11-15-26)35(46)39-28(33(38)44)16-18-30(42)48-21-25-12-8-6-9-13-25/h6-15,23-24,27-29,32H,5,16-22,37H2,1-4H3,(H2,38,44)(H,39,46)(H,40,47)(H,41,45).